The molecule has 1 aromatic rings. The normalized spacial score (nSPS) is 11.9. The van der Waals surface area contributed by atoms with E-state index >= 15 is 0 Å². The fraction of sp³-hybridized carbons (Fsp3) is 0.714. The molecular weight excluding hydrogens is 337 g/mol. The van der Waals surface area contributed by atoms with Crippen LogP contribution < -0.4 is 5.32 Å². The third-order valence-electron chi connectivity index (χ3n) is 4.68. The lowest BCUT2D eigenvalue weighted by atomic mass is 9.97. The van der Waals surface area contributed by atoms with Crippen LogP contribution in [-0.4, -0.2) is 19.5 Å². The number of halogens is 2. The van der Waals surface area contributed by atoms with Crippen molar-refractivity contribution in [1.82, 2.24) is 5.32 Å². The summed E-state index contributed by atoms with van der Waals surface area (Å²) in [6.45, 7) is 1.12. The summed E-state index contributed by atoms with van der Waals surface area (Å²) in [6.07, 6.45) is 14.8. The molecule has 0 aliphatic heterocycles. The van der Waals surface area contributed by atoms with E-state index in [2.05, 4.69) is 35.6 Å². The molecule has 0 saturated carbocycles. The highest BCUT2D eigenvalue weighted by Crippen LogP contribution is 2.18. The molecule has 0 bridgehead atoms. The fourth-order valence-corrected chi connectivity index (χ4v) is 3.47. The summed E-state index contributed by atoms with van der Waals surface area (Å²) in [6, 6.07) is 10.9. The molecule has 24 heavy (non-hydrogen) atoms. The van der Waals surface area contributed by atoms with Crippen molar-refractivity contribution >= 4 is 24.0 Å². The molecule has 1 rings (SSSR count). The van der Waals surface area contributed by atoms with Gasteiger partial charge in [0.25, 0.3) is 0 Å². The van der Waals surface area contributed by atoms with Gasteiger partial charge in [0.1, 0.15) is 0 Å². The zero-order valence-corrected chi connectivity index (χ0v) is 17.0. The number of rotatable bonds is 15. The highest BCUT2D eigenvalue weighted by atomic mass is 35.5. The lowest BCUT2D eigenvalue weighted by molar-refractivity contribution is 0.444. The van der Waals surface area contributed by atoms with E-state index in [1.807, 2.05) is 7.05 Å². The summed E-state index contributed by atoms with van der Waals surface area (Å²) < 4.78 is 0. The Kier molecular flexibility index (Phi) is 17.4. The number of unbranched alkanes of at least 4 members (excludes halogenated alkanes) is 6. The Morgan fingerprint density at radius 3 is 2.04 bits per heavy atom. The third kappa shape index (κ3) is 13.1. The van der Waals surface area contributed by atoms with Crippen LogP contribution in [-0.2, 0) is 6.42 Å². The lowest BCUT2D eigenvalue weighted by Gasteiger charge is -2.13. The van der Waals surface area contributed by atoms with Crippen molar-refractivity contribution in [3.8, 4) is 0 Å². The van der Waals surface area contributed by atoms with E-state index in [0.29, 0.717) is 0 Å². The standard InChI is InChI=1S/C21H36ClN.ClH/c1-23-18-12-17-21(19-22)16-9-6-4-2-3-5-8-13-20-14-10-7-11-15-20;/h7,10-11,14-15,21,23H,2-6,8-9,12-13,16-19H2,1H3;1H. The highest BCUT2D eigenvalue weighted by molar-refractivity contribution is 6.18. The Balaban J connectivity index is 0.00000529. The maximum Gasteiger partial charge on any atom is 0.0251 e. The maximum atomic E-state index is 6.07. The summed E-state index contributed by atoms with van der Waals surface area (Å²) in [5.74, 6) is 1.57. The van der Waals surface area contributed by atoms with Crippen LogP contribution >= 0.6 is 24.0 Å². The van der Waals surface area contributed by atoms with Gasteiger partial charge < -0.3 is 5.32 Å². The molecule has 0 aliphatic carbocycles. The molecule has 0 spiro atoms. The minimum absolute atomic E-state index is 0. The van der Waals surface area contributed by atoms with E-state index in [9.17, 15) is 0 Å². The predicted octanol–water partition coefficient (Wildman–Crippen LogP) is 6.63. The molecule has 0 fully saturated rings. The molecule has 0 heterocycles. The van der Waals surface area contributed by atoms with Crippen molar-refractivity contribution in [3.63, 3.8) is 0 Å². The number of nitrogens with one attached hydrogen (secondary N) is 1. The van der Waals surface area contributed by atoms with Crippen LogP contribution in [0.5, 0.6) is 0 Å². The van der Waals surface area contributed by atoms with Gasteiger partial charge >= 0.3 is 0 Å². The average molecular weight is 374 g/mol. The molecule has 1 atom stereocenters. The summed E-state index contributed by atoms with van der Waals surface area (Å²) in [5, 5.41) is 3.22. The van der Waals surface area contributed by atoms with Gasteiger partial charge in [0.2, 0.25) is 0 Å². The van der Waals surface area contributed by atoms with E-state index in [1.54, 1.807) is 0 Å². The second-order valence-electron chi connectivity index (χ2n) is 6.77. The van der Waals surface area contributed by atoms with Crippen LogP contribution in [0.4, 0.5) is 0 Å². The zero-order chi connectivity index (χ0) is 16.6. The van der Waals surface area contributed by atoms with Gasteiger partial charge in [0, 0.05) is 5.88 Å². The molecule has 140 valence electrons. The Morgan fingerprint density at radius 2 is 1.42 bits per heavy atom. The molecule has 0 aromatic heterocycles. The predicted molar refractivity (Wildman–Crippen MR) is 112 cm³/mol. The molecular formula is C21H37Cl2N. The molecule has 3 heteroatoms. The Bertz CT molecular complexity index is 356. The van der Waals surface area contributed by atoms with Crippen LogP contribution in [0.3, 0.4) is 0 Å². The van der Waals surface area contributed by atoms with Crippen molar-refractivity contribution in [3.05, 3.63) is 35.9 Å². The van der Waals surface area contributed by atoms with E-state index in [4.69, 9.17) is 11.6 Å². The molecule has 1 N–H and O–H groups in total. The molecule has 1 nitrogen and oxygen atoms in total. The van der Waals surface area contributed by atoms with Crippen molar-refractivity contribution in [2.24, 2.45) is 5.92 Å². The van der Waals surface area contributed by atoms with E-state index < -0.39 is 0 Å². The van der Waals surface area contributed by atoms with E-state index in [-0.39, 0.29) is 12.4 Å². The van der Waals surface area contributed by atoms with E-state index in [1.165, 1.54) is 76.2 Å². The monoisotopic (exact) mass is 373 g/mol. The second kappa shape index (κ2) is 17.6. The Hall–Kier alpha value is -0.240. The van der Waals surface area contributed by atoms with Crippen molar-refractivity contribution in [2.45, 2.75) is 70.6 Å². The van der Waals surface area contributed by atoms with Gasteiger partial charge in [0.05, 0.1) is 0 Å². The molecule has 0 saturated heterocycles. The van der Waals surface area contributed by atoms with Crippen molar-refractivity contribution in [2.75, 3.05) is 19.5 Å². The zero-order valence-electron chi connectivity index (χ0n) is 15.4. The van der Waals surface area contributed by atoms with Gasteiger partial charge in [-0.3, -0.25) is 0 Å². The first-order chi connectivity index (χ1) is 11.4. The summed E-state index contributed by atoms with van der Waals surface area (Å²) in [7, 11) is 2.02. The fourth-order valence-electron chi connectivity index (χ4n) is 3.16. The van der Waals surface area contributed by atoms with Crippen LogP contribution in [0.1, 0.15) is 69.8 Å². The number of aryl methyl sites for hydroxylation is 1. The summed E-state index contributed by atoms with van der Waals surface area (Å²) in [5.41, 5.74) is 1.48. The van der Waals surface area contributed by atoms with Crippen LogP contribution in [0, 0.1) is 5.92 Å². The molecule has 0 amide bonds. The quantitative estimate of drug-likeness (QED) is 0.268. The molecule has 1 aromatic carbocycles. The number of benzene rings is 1. The van der Waals surface area contributed by atoms with Crippen molar-refractivity contribution < 1.29 is 0 Å². The topological polar surface area (TPSA) is 12.0 Å². The summed E-state index contributed by atoms with van der Waals surface area (Å²) >= 11 is 6.07. The molecule has 0 aliphatic rings. The largest absolute Gasteiger partial charge is 0.320 e. The first-order valence-corrected chi connectivity index (χ1v) is 10.1. The number of hydrogen-bond acceptors (Lipinski definition) is 1. The van der Waals surface area contributed by atoms with Crippen LogP contribution in [0.25, 0.3) is 0 Å². The third-order valence-corrected chi connectivity index (χ3v) is 5.11. The van der Waals surface area contributed by atoms with Gasteiger partial charge in [-0.05, 0) is 57.2 Å². The Morgan fingerprint density at radius 1 is 0.833 bits per heavy atom. The van der Waals surface area contributed by atoms with Crippen LogP contribution in [0.15, 0.2) is 30.3 Å². The average Bonchev–Trinajstić information content (AvgIpc) is 2.59. The van der Waals surface area contributed by atoms with Crippen LogP contribution in [0.2, 0.25) is 0 Å². The van der Waals surface area contributed by atoms with E-state index in [0.717, 1.165) is 18.3 Å². The SMILES string of the molecule is CNCCCC(CCl)CCCCCCCCCc1ccccc1.Cl. The van der Waals surface area contributed by atoms with Crippen molar-refractivity contribution in [1.29, 1.82) is 0 Å². The maximum absolute atomic E-state index is 6.07. The van der Waals surface area contributed by atoms with Gasteiger partial charge in [-0.1, -0.05) is 68.9 Å². The lowest BCUT2D eigenvalue weighted by Crippen LogP contribution is -2.11. The van der Waals surface area contributed by atoms with Gasteiger partial charge in [0.15, 0.2) is 0 Å². The first-order valence-electron chi connectivity index (χ1n) is 9.61. The minimum Gasteiger partial charge on any atom is -0.320 e. The van der Waals surface area contributed by atoms with Gasteiger partial charge in [-0.25, -0.2) is 0 Å². The van der Waals surface area contributed by atoms with Gasteiger partial charge in [-0.2, -0.15) is 0 Å². The highest BCUT2D eigenvalue weighted by Gasteiger charge is 2.06. The smallest absolute Gasteiger partial charge is 0.0251 e. The summed E-state index contributed by atoms with van der Waals surface area (Å²) in [4.78, 5) is 0. The Labute approximate surface area is 161 Å². The number of alkyl halides is 1. The number of hydrogen-bond donors (Lipinski definition) is 1. The van der Waals surface area contributed by atoms with Gasteiger partial charge in [-0.15, -0.1) is 24.0 Å². The minimum atomic E-state index is 0. The second-order valence-corrected chi connectivity index (χ2v) is 7.07. The molecule has 0 radical (unpaired) electrons. The molecule has 1 unspecified atom stereocenters. The first kappa shape index (κ1) is 23.8.